The molecule has 1 aliphatic rings. The molecular weight excluding hydrogens is 356 g/mol. The van der Waals surface area contributed by atoms with Crippen LogP contribution in [0.1, 0.15) is 11.1 Å². The summed E-state index contributed by atoms with van der Waals surface area (Å²) < 4.78 is 6.34. The average Bonchev–Trinajstić information content (AvgIpc) is 2.75. The maximum atomic E-state index is 6.34. The summed E-state index contributed by atoms with van der Waals surface area (Å²) in [4.78, 5) is 0. The highest BCUT2D eigenvalue weighted by Gasteiger charge is 2.44. The Morgan fingerprint density at radius 1 is 0.464 bits per heavy atom. The average molecular weight is 379 g/mol. The third-order valence-corrected chi connectivity index (χ3v) is 10.6. The molecule has 136 valence electrons. The molecule has 0 atom stereocenters. The normalized spacial score (nSPS) is 13.9. The van der Waals surface area contributed by atoms with Gasteiger partial charge in [0.2, 0.25) is 0 Å². The predicted molar refractivity (Wildman–Crippen MR) is 118 cm³/mol. The smallest absolute Gasteiger partial charge is 0.136 e. The monoisotopic (exact) mass is 378 g/mol. The van der Waals surface area contributed by atoms with Crippen LogP contribution >= 0.6 is 0 Å². The molecule has 1 nitrogen and oxygen atoms in total. The molecule has 0 amide bonds. The number of hydrogen-bond donors (Lipinski definition) is 0. The number of fused-ring (bicyclic) bond motifs is 2. The largest absolute Gasteiger partial charge is 0.458 e. The van der Waals surface area contributed by atoms with Crippen molar-refractivity contribution in [2.45, 2.75) is 12.1 Å². The zero-order chi connectivity index (χ0) is 18.8. The van der Waals surface area contributed by atoms with Gasteiger partial charge in [0.25, 0.3) is 0 Å². The molecule has 1 aliphatic heterocycles. The summed E-state index contributed by atoms with van der Waals surface area (Å²) in [6.45, 7) is 0. The maximum Gasteiger partial charge on any atom is 0.136 e. The SMILES string of the molecule is c1ccc(C[Si]2(Cc3ccccc3)c3ccccc3Oc3ccccc32)cc1. The van der Waals surface area contributed by atoms with Gasteiger partial charge in [-0.15, -0.1) is 0 Å². The third kappa shape index (κ3) is 2.96. The Morgan fingerprint density at radius 3 is 1.32 bits per heavy atom. The molecule has 2 heteroatoms. The van der Waals surface area contributed by atoms with E-state index >= 15 is 0 Å². The van der Waals surface area contributed by atoms with Crippen LogP contribution in [0, 0.1) is 0 Å². The zero-order valence-electron chi connectivity index (χ0n) is 15.7. The molecule has 0 aliphatic carbocycles. The van der Waals surface area contributed by atoms with Gasteiger partial charge in [-0.25, -0.2) is 0 Å². The second-order valence-electron chi connectivity index (χ2n) is 7.50. The lowest BCUT2D eigenvalue weighted by Gasteiger charge is -2.39. The van der Waals surface area contributed by atoms with E-state index in [1.165, 1.54) is 21.5 Å². The summed E-state index contributed by atoms with van der Waals surface area (Å²) >= 11 is 0. The third-order valence-electron chi connectivity index (χ3n) is 5.72. The maximum absolute atomic E-state index is 6.34. The fraction of sp³-hybridized carbons (Fsp3) is 0.0769. The molecule has 0 fully saturated rings. The second-order valence-corrected chi connectivity index (χ2v) is 11.4. The fourth-order valence-corrected chi connectivity index (χ4v) is 9.58. The van der Waals surface area contributed by atoms with E-state index in [1.807, 2.05) is 0 Å². The summed E-state index contributed by atoms with van der Waals surface area (Å²) in [6.07, 6.45) is 0. The van der Waals surface area contributed by atoms with Crippen molar-refractivity contribution < 1.29 is 4.74 Å². The number of ether oxygens (including phenoxy) is 1. The van der Waals surface area contributed by atoms with Crippen molar-refractivity contribution in [3.63, 3.8) is 0 Å². The Balaban J connectivity index is 1.75. The van der Waals surface area contributed by atoms with Crippen LogP contribution in [0.4, 0.5) is 0 Å². The molecule has 0 aromatic heterocycles. The van der Waals surface area contributed by atoms with Crippen molar-refractivity contribution in [3.05, 3.63) is 120 Å². The number of hydrogen-bond acceptors (Lipinski definition) is 1. The van der Waals surface area contributed by atoms with Crippen LogP contribution in [0.2, 0.25) is 0 Å². The summed E-state index contributed by atoms with van der Waals surface area (Å²) in [5, 5.41) is 2.81. The molecular formula is C26H22OSi. The van der Waals surface area contributed by atoms with E-state index in [0.717, 1.165) is 23.6 Å². The van der Waals surface area contributed by atoms with Crippen molar-refractivity contribution in [1.82, 2.24) is 0 Å². The molecule has 1 heterocycles. The lowest BCUT2D eigenvalue weighted by atomic mass is 10.2. The van der Waals surface area contributed by atoms with Gasteiger partial charge >= 0.3 is 0 Å². The standard InChI is InChI=1S/C26H22OSi/c1-3-11-21(12-4-1)19-28(20-22-13-5-2-6-14-22)25-17-9-7-15-23(25)27-24-16-8-10-18-26(24)28/h1-18H,19-20H2. The molecule has 0 unspecified atom stereocenters. The van der Waals surface area contributed by atoms with Crippen molar-refractivity contribution in [3.8, 4) is 11.5 Å². The van der Waals surface area contributed by atoms with E-state index in [2.05, 4.69) is 109 Å². The van der Waals surface area contributed by atoms with E-state index in [1.54, 1.807) is 0 Å². The van der Waals surface area contributed by atoms with Crippen LogP contribution in [0.25, 0.3) is 0 Å². The van der Waals surface area contributed by atoms with Crippen molar-refractivity contribution in [2.24, 2.45) is 0 Å². The first-order valence-electron chi connectivity index (χ1n) is 9.80. The predicted octanol–water partition coefficient (Wildman–Crippen LogP) is 4.92. The minimum Gasteiger partial charge on any atom is -0.458 e. The van der Waals surface area contributed by atoms with E-state index in [4.69, 9.17) is 4.74 Å². The molecule has 0 saturated heterocycles. The molecule has 0 bridgehead atoms. The highest BCUT2D eigenvalue weighted by molar-refractivity contribution is 7.02. The van der Waals surface area contributed by atoms with Crippen molar-refractivity contribution in [1.29, 1.82) is 0 Å². The topological polar surface area (TPSA) is 9.23 Å². The molecule has 0 spiro atoms. The first kappa shape index (κ1) is 17.0. The Hall–Kier alpha value is -3.10. The quantitative estimate of drug-likeness (QED) is 0.458. The van der Waals surface area contributed by atoms with Gasteiger partial charge in [0.05, 0.1) is 0 Å². The molecule has 0 radical (unpaired) electrons. The minimum atomic E-state index is -2.13. The second kappa shape index (κ2) is 7.14. The lowest BCUT2D eigenvalue weighted by molar-refractivity contribution is 0.486. The highest BCUT2D eigenvalue weighted by atomic mass is 28.3. The highest BCUT2D eigenvalue weighted by Crippen LogP contribution is 2.32. The molecule has 28 heavy (non-hydrogen) atoms. The Bertz CT molecular complexity index is 1000. The summed E-state index contributed by atoms with van der Waals surface area (Å²) in [7, 11) is -2.13. The van der Waals surface area contributed by atoms with Gasteiger partial charge in [0.1, 0.15) is 19.6 Å². The van der Waals surface area contributed by atoms with Gasteiger partial charge in [0.15, 0.2) is 0 Å². The van der Waals surface area contributed by atoms with Crippen LogP contribution in [-0.2, 0) is 12.1 Å². The van der Waals surface area contributed by atoms with Crippen LogP contribution in [-0.4, -0.2) is 8.07 Å². The summed E-state index contributed by atoms with van der Waals surface area (Å²) in [5.74, 6) is 2.06. The number of para-hydroxylation sites is 2. The molecule has 0 saturated carbocycles. The van der Waals surface area contributed by atoms with Gasteiger partial charge in [-0.1, -0.05) is 108 Å². The number of rotatable bonds is 4. The first-order chi connectivity index (χ1) is 13.9. The molecule has 0 N–H and O–H groups in total. The first-order valence-corrected chi connectivity index (χ1v) is 12.2. The van der Waals surface area contributed by atoms with Gasteiger partial charge < -0.3 is 4.74 Å². The fourth-order valence-electron chi connectivity index (χ4n) is 4.50. The van der Waals surface area contributed by atoms with Gasteiger partial charge in [-0.05, 0) is 34.6 Å². The minimum absolute atomic E-state index is 1.03. The molecule has 4 aromatic carbocycles. The van der Waals surface area contributed by atoms with Crippen LogP contribution in [0.3, 0.4) is 0 Å². The van der Waals surface area contributed by atoms with Crippen molar-refractivity contribution in [2.75, 3.05) is 0 Å². The lowest BCUT2D eigenvalue weighted by Crippen LogP contribution is -2.64. The Labute approximate surface area is 167 Å². The van der Waals surface area contributed by atoms with Gasteiger partial charge in [0, 0.05) is 0 Å². The summed E-state index contributed by atoms with van der Waals surface area (Å²) in [5.41, 5.74) is 2.80. The van der Waals surface area contributed by atoms with E-state index in [9.17, 15) is 0 Å². The van der Waals surface area contributed by atoms with Crippen molar-refractivity contribution >= 4 is 18.4 Å². The van der Waals surface area contributed by atoms with Crippen LogP contribution in [0.5, 0.6) is 11.5 Å². The molecule has 5 rings (SSSR count). The van der Waals surface area contributed by atoms with E-state index in [0.29, 0.717) is 0 Å². The van der Waals surface area contributed by atoms with Crippen LogP contribution < -0.4 is 15.1 Å². The Kier molecular flexibility index (Phi) is 4.34. The van der Waals surface area contributed by atoms with E-state index in [-0.39, 0.29) is 0 Å². The molecule has 4 aromatic rings. The zero-order valence-corrected chi connectivity index (χ0v) is 16.7. The summed E-state index contributed by atoms with van der Waals surface area (Å²) in [6, 6.07) is 41.3. The van der Waals surface area contributed by atoms with Gasteiger partial charge in [-0.2, -0.15) is 0 Å². The van der Waals surface area contributed by atoms with Crippen LogP contribution in [0.15, 0.2) is 109 Å². The van der Waals surface area contributed by atoms with Gasteiger partial charge in [-0.3, -0.25) is 0 Å². The Morgan fingerprint density at radius 2 is 0.857 bits per heavy atom. The van der Waals surface area contributed by atoms with E-state index < -0.39 is 8.07 Å². The number of benzene rings is 4.